The second kappa shape index (κ2) is 8.32. The van der Waals surface area contributed by atoms with Gasteiger partial charge in [-0.2, -0.15) is 0 Å². The van der Waals surface area contributed by atoms with Crippen molar-refractivity contribution < 1.29 is 28.5 Å². The summed E-state index contributed by atoms with van der Waals surface area (Å²) in [5.41, 5.74) is 1.35. The van der Waals surface area contributed by atoms with Gasteiger partial charge in [0.05, 0.1) is 13.0 Å². The molecule has 3 aromatic carbocycles. The second-order valence-electron chi connectivity index (χ2n) is 6.92. The molecule has 7 nitrogen and oxygen atoms in total. The third-order valence-electron chi connectivity index (χ3n) is 4.93. The van der Waals surface area contributed by atoms with Gasteiger partial charge < -0.3 is 24.3 Å². The fourth-order valence-corrected chi connectivity index (χ4v) is 3.21. The van der Waals surface area contributed by atoms with E-state index in [0.717, 1.165) is 22.1 Å². The third kappa shape index (κ3) is 4.15. The molecule has 1 N–H and O–H groups in total. The topological polar surface area (TPSA) is 83.1 Å². The van der Waals surface area contributed by atoms with E-state index in [0.29, 0.717) is 17.2 Å². The molecule has 0 aromatic heterocycles. The Morgan fingerprint density at radius 1 is 1.00 bits per heavy atom. The number of hydrogen-bond acceptors (Lipinski definition) is 6. The Bertz CT molecular complexity index is 1110. The van der Waals surface area contributed by atoms with Gasteiger partial charge in [-0.3, -0.25) is 9.59 Å². The van der Waals surface area contributed by atoms with Crippen LogP contribution in [-0.2, 0) is 14.3 Å². The van der Waals surface area contributed by atoms with E-state index in [1.54, 1.807) is 32.2 Å². The summed E-state index contributed by atoms with van der Waals surface area (Å²) in [7, 11) is 1.62. The highest BCUT2D eigenvalue weighted by Crippen LogP contribution is 2.34. The van der Waals surface area contributed by atoms with Gasteiger partial charge in [-0.05, 0) is 47.5 Å². The van der Waals surface area contributed by atoms with E-state index in [1.165, 1.54) is 0 Å². The zero-order valence-corrected chi connectivity index (χ0v) is 16.6. The molecule has 1 aliphatic rings. The van der Waals surface area contributed by atoms with Gasteiger partial charge in [0.15, 0.2) is 18.1 Å². The summed E-state index contributed by atoms with van der Waals surface area (Å²) < 4.78 is 20.9. The first-order valence-corrected chi connectivity index (χ1v) is 9.47. The monoisotopic (exact) mass is 407 g/mol. The van der Waals surface area contributed by atoms with Gasteiger partial charge in [0, 0.05) is 11.8 Å². The maximum Gasteiger partial charge on any atom is 0.313 e. The Hall–Kier alpha value is -3.74. The quantitative estimate of drug-likeness (QED) is 0.625. The van der Waals surface area contributed by atoms with Crippen LogP contribution >= 0.6 is 0 Å². The molecule has 3 aromatic rings. The number of hydrogen-bond donors (Lipinski definition) is 1. The molecule has 0 saturated heterocycles. The Morgan fingerprint density at radius 2 is 1.77 bits per heavy atom. The first kappa shape index (κ1) is 19.6. The number of nitrogens with one attached hydrogen (secondary N) is 1. The molecule has 0 spiro atoms. The Labute approximate surface area is 173 Å². The van der Waals surface area contributed by atoms with Crippen LogP contribution in [0.25, 0.3) is 10.8 Å². The van der Waals surface area contributed by atoms with Gasteiger partial charge in [0.1, 0.15) is 5.75 Å². The average Bonchev–Trinajstić information content (AvgIpc) is 3.24. The number of benzene rings is 3. The lowest BCUT2D eigenvalue weighted by molar-refractivity contribution is -0.148. The predicted octanol–water partition coefficient (Wildman–Crippen LogP) is 3.86. The number of carbonyl (C=O) groups is 2. The molecule has 1 heterocycles. The Kier molecular flexibility index (Phi) is 5.43. The number of carbonyl (C=O) groups excluding carboxylic acids is 2. The SMILES string of the molecule is COc1ccc2cc([C@H](C)C(=O)OCC(=O)Nc3ccc4c(c3)OCO4)ccc2c1. The van der Waals surface area contributed by atoms with E-state index < -0.39 is 17.8 Å². The first-order valence-electron chi connectivity index (χ1n) is 9.47. The maximum atomic E-state index is 12.4. The number of anilines is 1. The number of esters is 1. The summed E-state index contributed by atoms with van der Waals surface area (Å²) in [5.74, 6) is 0.559. The van der Waals surface area contributed by atoms with Crippen LogP contribution in [0.2, 0.25) is 0 Å². The molecule has 4 rings (SSSR count). The smallest absolute Gasteiger partial charge is 0.313 e. The average molecular weight is 407 g/mol. The molecule has 30 heavy (non-hydrogen) atoms. The standard InChI is InChI=1S/C23H21NO6/c1-14(15-3-4-17-10-19(27-2)7-5-16(17)9-15)23(26)28-12-22(25)24-18-6-8-20-21(11-18)30-13-29-20/h3-11,14H,12-13H2,1-2H3,(H,24,25)/t14-/m0/s1. The third-order valence-corrected chi connectivity index (χ3v) is 4.93. The molecule has 1 aliphatic heterocycles. The van der Waals surface area contributed by atoms with Gasteiger partial charge >= 0.3 is 5.97 Å². The van der Waals surface area contributed by atoms with Crippen molar-refractivity contribution in [2.24, 2.45) is 0 Å². The van der Waals surface area contributed by atoms with Crippen molar-refractivity contribution in [3.8, 4) is 17.2 Å². The minimum atomic E-state index is -0.505. The lowest BCUT2D eigenvalue weighted by Crippen LogP contribution is -2.23. The van der Waals surface area contributed by atoms with Gasteiger partial charge in [0.2, 0.25) is 6.79 Å². The molecule has 0 fully saturated rings. The molecule has 1 atom stereocenters. The zero-order valence-electron chi connectivity index (χ0n) is 16.6. The molecular weight excluding hydrogens is 386 g/mol. The first-order chi connectivity index (χ1) is 14.5. The summed E-state index contributed by atoms with van der Waals surface area (Å²) in [5, 5.41) is 4.69. The van der Waals surface area contributed by atoms with Crippen molar-refractivity contribution in [1.82, 2.24) is 0 Å². The van der Waals surface area contributed by atoms with Crippen LogP contribution in [0.15, 0.2) is 54.6 Å². The minimum Gasteiger partial charge on any atom is -0.497 e. The minimum absolute atomic E-state index is 0.157. The van der Waals surface area contributed by atoms with Crippen molar-refractivity contribution in [1.29, 1.82) is 0 Å². The van der Waals surface area contributed by atoms with E-state index in [-0.39, 0.29) is 13.4 Å². The molecule has 1 amide bonds. The van der Waals surface area contributed by atoms with E-state index in [1.807, 2.05) is 36.4 Å². The second-order valence-corrected chi connectivity index (χ2v) is 6.92. The van der Waals surface area contributed by atoms with Gasteiger partial charge in [-0.1, -0.05) is 24.3 Å². The van der Waals surface area contributed by atoms with Gasteiger partial charge in [0.25, 0.3) is 5.91 Å². The van der Waals surface area contributed by atoms with Crippen LogP contribution in [0.1, 0.15) is 18.4 Å². The van der Waals surface area contributed by atoms with E-state index in [9.17, 15) is 9.59 Å². The summed E-state index contributed by atoms with van der Waals surface area (Å²) in [6.45, 7) is 1.54. The molecule has 0 radical (unpaired) electrons. The molecule has 0 aliphatic carbocycles. The molecule has 154 valence electrons. The summed E-state index contributed by atoms with van der Waals surface area (Å²) >= 11 is 0. The van der Waals surface area contributed by atoms with Crippen molar-refractivity contribution in [3.63, 3.8) is 0 Å². The van der Waals surface area contributed by atoms with E-state index in [2.05, 4.69) is 5.32 Å². The van der Waals surface area contributed by atoms with Crippen molar-refractivity contribution in [2.45, 2.75) is 12.8 Å². The highest BCUT2D eigenvalue weighted by atomic mass is 16.7. The number of fused-ring (bicyclic) bond motifs is 2. The molecule has 0 saturated carbocycles. The van der Waals surface area contributed by atoms with E-state index in [4.69, 9.17) is 18.9 Å². The number of methoxy groups -OCH3 is 1. The van der Waals surface area contributed by atoms with Crippen molar-refractivity contribution in [3.05, 3.63) is 60.2 Å². The molecular formula is C23H21NO6. The molecule has 0 bridgehead atoms. The fraction of sp³-hybridized carbons (Fsp3) is 0.217. The summed E-state index contributed by atoms with van der Waals surface area (Å²) in [6, 6.07) is 16.6. The summed E-state index contributed by atoms with van der Waals surface area (Å²) in [6.07, 6.45) is 0. The van der Waals surface area contributed by atoms with Crippen LogP contribution < -0.4 is 19.5 Å². The Balaban J connectivity index is 1.35. The van der Waals surface area contributed by atoms with Crippen LogP contribution in [0.4, 0.5) is 5.69 Å². The van der Waals surface area contributed by atoms with Crippen molar-refractivity contribution in [2.75, 3.05) is 25.8 Å². The lowest BCUT2D eigenvalue weighted by atomic mass is 9.98. The van der Waals surface area contributed by atoms with Crippen LogP contribution in [-0.4, -0.2) is 32.4 Å². The summed E-state index contributed by atoms with van der Waals surface area (Å²) in [4.78, 5) is 24.6. The molecule has 7 heteroatoms. The number of rotatable bonds is 6. The lowest BCUT2D eigenvalue weighted by Gasteiger charge is -2.13. The van der Waals surface area contributed by atoms with Crippen LogP contribution in [0, 0.1) is 0 Å². The van der Waals surface area contributed by atoms with E-state index >= 15 is 0 Å². The van der Waals surface area contributed by atoms with Gasteiger partial charge in [-0.25, -0.2) is 0 Å². The normalized spacial score (nSPS) is 13.0. The molecule has 0 unspecified atom stereocenters. The number of ether oxygens (including phenoxy) is 4. The highest BCUT2D eigenvalue weighted by Gasteiger charge is 2.19. The predicted molar refractivity (Wildman–Crippen MR) is 111 cm³/mol. The fourth-order valence-electron chi connectivity index (χ4n) is 3.21. The van der Waals surface area contributed by atoms with Crippen molar-refractivity contribution >= 4 is 28.3 Å². The van der Waals surface area contributed by atoms with Gasteiger partial charge in [-0.15, -0.1) is 0 Å². The number of amides is 1. The van der Waals surface area contributed by atoms with Crippen LogP contribution in [0.5, 0.6) is 17.2 Å². The van der Waals surface area contributed by atoms with Crippen LogP contribution in [0.3, 0.4) is 0 Å². The highest BCUT2D eigenvalue weighted by molar-refractivity contribution is 5.94. The zero-order chi connectivity index (χ0) is 21.1. The maximum absolute atomic E-state index is 12.4. The Morgan fingerprint density at radius 3 is 2.60 bits per heavy atom. The largest absolute Gasteiger partial charge is 0.497 e.